The van der Waals surface area contributed by atoms with Crippen LogP contribution < -0.4 is 4.74 Å². The summed E-state index contributed by atoms with van der Waals surface area (Å²) in [6.07, 6.45) is 16.8. The lowest BCUT2D eigenvalue weighted by Gasteiger charge is -2.09. The Morgan fingerprint density at radius 3 is 2.26 bits per heavy atom. The summed E-state index contributed by atoms with van der Waals surface area (Å²) >= 11 is 0. The van der Waals surface area contributed by atoms with Crippen molar-refractivity contribution in [2.24, 2.45) is 0 Å². The van der Waals surface area contributed by atoms with Gasteiger partial charge in [0.2, 0.25) is 0 Å². The molecule has 0 spiro atoms. The van der Waals surface area contributed by atoms with E-state index in [1.54, 1.807) is 17.7 Å². The van der Waals surface area contributed by atoms with Crippen LogP contribution in [0.25, 0.3) is 0 Å². The van der Waals surface area contributed by atoms with Gasteiger partial charge in [0, 0.05) is 0 Å². The van der Waals surface area contributed by atoms with Crippen molar-refractivity contribution < 1.29 is 14.3 Å². The number of allylic oxidation sites excluding steroid dienone is 2. The van der Waals surface area contributed by atoms with E-state index in [1.165, 1.54) is 57.8 Å². The van der Waals surface area contributed by atoms with Crippen molar-refractivity contribution in [1.29, 1.82) is 0 Å². The predicted octanol–water partition coefficient (Wildman–Crippen LogP) is 6.86. The third kappa shape index (κ3) is 9.65. The van der Waals surface area contributed by atoms with Crippen LogP contribution in [0.1, 0.15) is 94.3 Å². The lowest BCUT2D eigenvalue weighted by molar-refractivity contribution is 0.0497. The third-order valence-electron chi connectivity index (χ3n) is 5.13. The molecule has 0 fully saturated rings. The van der Waals surface area contributed by atoms with Crippen molar-refractivity contribution >= 4 is 5.97 Å². The molecule has 0 saturated heterocycles. The molecule has 2 rings (SSSR count). The molecule has 3 nitrogen and oxygen atoms in total. The lowest BCUT2D eigenvalue weighted by atomic mass is 10.0. The molecule has 0 aliphatic carbocycles. The zero-order valence-corrected chi connectivity index (χ0v) is 17.0. The maximum atomic E-state index is 12.2. The molecule has 1 aromatic carbocycles. The second kappa shape index (κ2) is 13.4. The second-order valence-corrected chi connectivity index (χ2v) is 7.64. The van der Waals surface area contributed by atoms with Gasteiger partial charge in [-0.1, -0.05) is 49.8 Å². The standard InChI is InChI=1S/C24H36O3/c1-21-14-9-5-3-2-4-7-12-19-27-24(25)22-16-13-17-23(20-22)26-18-11-8-6-10-15-21/h13,15-17,20H,2-12,14,18-19H2,1H3/b21-15-. The number of carbonyl (C=O) groups is 1. The molecule has 1 aromatic rings. The highest BCUT2D eigenvalue weighted by Gasteiger charge is 2.08. The van der Waals surface area contributed by atoms with Gasteiger partial charge in [-0.15, -0.1) is 0 Å². The van der Waals surface area contributed by atoms with Crippen LogP contribution in [0.5, 0.6) is 5.75 Å². The molecule has 0 unspecified atom stereocenters. The van der Waals surface area contributed by atoms with Crippen molar-refractivity contribution in [2.75, 3.05) is 13.2 Å². The molecule has 0 aromatic heterocycles. The number of esters is 1. The fourth-order valence-corrected chi connectivity index (χ4v) is 3.41. The van der Waals surface area contributed by atoms with Gasteiger partial charge in [0.1, 0.15) is 5.75 Å². The number of hydrogen-bond donors (Lipinski definition) is 0. The van der Waals surface area contributed by atoms with Crippen molar-refractivity contribution in [1.82, 2.24) is 0 Å². The predicted molar refractivity (Wildman–Crippen MR) is 111 cm³/mol. The Morgan fingerprint density at radius 1 is 0.778 bits per heavy atom. The van der Waals surface area contributed by atoms with Gasteiger partial charge in [-0.25, -0.2) is 4.79 Å². The first kappa shape index (κ1) is 21.5. The number of ether oxygens (including phenoxy) is 2. The highest BCUT2D eigenvalue weighted by molar-refractivity contribution is 5.89. The Kier molecular flexibility index (Phi) is 10.7. The molecule has 3 heteroatoms. The molecule has 27 heavy (non-hydrogen) atoms. The molecular formula is C24H36O3. The average molecular weight is 373 g/mol. The molecule has 1 aliphatic heterocycles. The first-order valence-electron chi connectivity index (χ1n) is 10.8. The molecule has 0 N–H and O–H groups in total. The van der Waals surface area contributed by atoms with E-state index in [0.29, 0.717) is 18.8 Å². The van der Waals surface area contributed by atoms with Gasteiger partial charge >= 0.3 is 5.97 Å². The van der Waals surface area contributed by atoms with Crippen LogP contribution in [-0.2, 0) is 4.74 Å². The van der Waals surface area contributed by atoms with Gasteiger partial charge < -0.3 is 9.47 Å². The first-order valence-corrected chi connectivity index (χ1v) is 10.8. The van der Waals surface area contributed by atoms with E-state index in [4.69, 9.17) is 9.47 Å². The van der Waals surface area contributed by atoms with Gasteiger partial charge in [-0.2, -0.15) is 0 Å². The molecule has 2 bridgehead atoms. The van der Waals surface area contributed by atoms with E-state index in [0.717, 1.165) is 25.0 Å². The summed E-state index contributed by atoms with van der Waals surface area (Å²) in [5, 5.41) is 0. The van der Waals surface area contributed by atoms with Crippen molar-refractivity contribution in [2.45, 2.75) is 84.0 Å². The topological polar surface area (TPSA) is 35.5 Å². The summed E-state index contributed by atoms with van der Waals surface area (Å²) in [5.74, 6) is 0.507. The molecular weight excluding hydrogens is 336 g/mol. The number of cyclic esters (lactones) is 1. The van der Waals surface area contributed by atoms with Crippen LogP contribution in [0.15, 0.2) is 35.9 Å². The van der Waals surface area contributed by atoms with Crippen molar-refractivity contribution in [3.8, 4) is 5.75 Å². The fourth-order valence-electron chi connectivity index (χ4n) is 3.41. The zero-order valence-electron chi connectivity index (χ0n) is 17.0. The zero-order chi connectivity index (χ0) is 19.2. The Bertz CT molecular complexity index is 577. The van der Waals surface area contributed by atoms with Crippen molar-refractivity contribution in [3.63, 3.8) is 0 Å². The number of benzene rings is 1. The van der Waals surface area contributed by atoms with E-state index in [-0.39, 0.29) is 5.97 Å². The minimum Gasteiger partial charge on any atom is -0.494 e. The Hall–Kier alpha value is -1.77. The normalized spacial score (nSPS) is 21.5. The number of fused-ring (bicyclic) bond motifs is 2. The summed E-state index contributed by atoms with van der Waals surface area (Å²) in [7, 11) is 0. The van der Waals surface area contributed by atoms with Gasteiger partial charge in [0.05, 0.1) is 18.8 Å². The quantitative estimate of drug-likeness (QED) is 0.368. The lowest BCUT2D eigenvalue weighted by Crippen LogP contribution is -2.07. The minimum atomic E-state index is -0.246. The smallest absolute Gasteiger partial charge is 0.338 e. The van der Waals surface area contributed by atoms with Gasteiger partial charge in [0.15, 0.2) is 0 Å². The Morgan fingerprint density at radius 2 is 1.44 bits per heavy atom. The summed E-state index contributed by atoms with van der Waals surface area (Å²) in [4.78, 5) is 12.2. The van der Waals surface area contributed by atoms with E-state index in [1.807, 2.05) is 12.1 Å². The van der Waals surface area contributed by atoms with Gasteiger partial charge in [-0.05, 0) is 70.1 Å². The summed E-state index contributed by atoms with van der Waals surface area (Å²) in [6, 6.07) is 7.35. The number of carbonyl (C=O) groups excluding carboxylic acids is 1. The summed E-state index contributed by atoms with van der Waals surface area (Å²) < 4.78 is 11.2. The number of hydrogen-bond acceptors (Lipinski definition) is 3. The molecule has 0 amide bonds. The van der Waals surface area contributed by atoms with Crippen LogP contribution in [0.3, 0.4) is 0 Å². The van der Waals surface area contributed by atoms with Gasteiger partial charge in [0.25, 0.3) is 0 Å². The monoisotopic (exact) mass is 372 g/mol. The maximum Gasteiger partial charge on any atom is 0.338 e. The first-order chi connectivity index (χ1) is 13.3. The largest absolute Gasteiger partial charge is 0.494 e. The highest BCUT2D eigenvalue weighted by Crippen LogP contribution is 2.17. The molecule has 0 atom stereocenters. The van der Waals surface area contributed by atoms with E-state index < -0.39 is 0 Å². The van der Waals surface area contributed by atoms with Crippen LogP contribution in [0, 0.1) is 0 Å². The maximum absolute atomic E-state index is 12.2. The molecule has 1 heterocycles. The SMILES string of the molecule is C/C1=C/CCCCCOc2cccc(c2)C(=O)OCCCCCCCCC1. The van der Waals surface area contributed by atoms with E-state index >= 15 is 0 Å². The summed E-state index contributed by atoms with van der Waals surface area (Å²) in [5.41, 5.74) is 2.13. The van der Waals surface area contributed by atoms with Crippen molar-refractivity contribution in [3.05, 3.63) is 41.5 Å². The van der Waals surface area contributed by atoms with Crippen LogP contribution in [-0.4, -0.2) is 19.2 Å². The average Bonchev–Trinajstić information content (AvgIpc) is 2.68. The van der Waals surface area contributed by atoms with Gasteiger partial charge in [-0.3, -0.25) is 0 Å². The molecule has 0 radical (unpaired) electrons. The molecule has 1 aliphatic rings. The minimum absolute atomic E-state index is 0.246. The number of rotatable bonds is 0. The highest BCUT2D eigenvalue weighted by atomic mass is 16.5. The van der Waals surface area contributed by atoms with E-state index in [9.17, 15) is 4.79 Å². The molecule has 0 saturated carbocycles. The Labute approximate surface area is 165 Å². The van der Waals surface area contributed by atoms with E-state index in [2.05, 4.69) is 13.0 Å². The van der Waals surface area contributed by atoms with Crippen LogP contribution in [0.4, 0.5) is 0 Å². The summed E-state index contributed by atoms with van der Waals surface area (Å²) in [6.45, 7) is 3.48. The van der Waals surface area contributed by atoms with Crippen LogP contribution in [0.2, 0.25) is 0 Å². The fraction of sp³-hybridized carbons (Fsp3) is 0.625. The molecule has 150 valence electrons. The second-order valence-electron chi connectivity index (χ2n) is 7.64. The third-order valence-corrected chi connectivity index (χ3v) is 5.13. The Balaban J connectivity index is 1.83. The van der Waals surface area contributed by atoms with Crippen LogP contribution >= 0.6 is 0 Å².